The first-order valence-corrected chi connectivity index (χ1v) is 5.02. The summed E-state index contributed by atoms with van der Waals surface area (Å²) < 4.78 is 5.81. The van der Waals surface area contributed by atoms with Crippen LogP contribution in [0.3, 0.4) is 0 Å². The lowest BCUT2D eigenvalue weighted by molar-refractivity contribution is 0.181. The molecule has 0 amide bonds. The van der Waals surface area contributed by atoms with Crippen molar-refractivity contribution in [3.05, 3.63) is 33.3 Å². The second-order valence-corrected chi connectivity index (χ2v) is 3.94. The van der Waals surface area contributed by atoms with E-state index in [4.69, 9.17) is 22.1 Å². The third-order valence-electron chi connectivity index (χ3n) is 1.73. The van der Waals surface area contributed by atoms with Gasteiger partial charge in [-0.2, -0.15) is 0 Å². The molecule has 1 aromatic carbocycles. The van der Waals surface area contributed by atoms with Gasteiger partial charge in [-0.3, -0.25) is 0 Å². The Morgan fingerprint density at radius 1 is 1.62 bits per heavy atom. The van der Waals surface area contributed by atoms with Gasteiger partial charge in [-0.15, -0.1) is 0 Å². The van der Waals surface area contributed by atoms with E-state index in [1.807, 2.05) is 18.2 Å². The molecule has 0 unspecified atom stereocenters. The van der Waals surface area contributed by atoms with Crippen LogP contribution in [0.4, 0.5) is 0 Å². The number of nitrogens with two attached hydrogens (primary N) is 1. The number of halogens is 2. The zero-order valence-electron chi connectivity index (χ0n) is 7.26. The molecule has 1 aromatic rings. The molecular formula is C9H11BrClNO. The van der Waals surface area contributed by atoms with Crippen molar-refractivity contribution in [2.24, 2.45) is 5.73 Å². The highest BCUT2D eigenvalue weighted by Crippen LogP contribution is 2.29. The summed E-state index contributed by atoms with van der Waals surface area (Å²) in [6.45, 7) is 0.468. The molecule has 0 aliphatic rings. The first-order chi connectivity index (χ1) is 6.16. The summed E-state index contributed by atoms with van der Waals surface area (Å²) in [7, 11) is 1.62. The Morgan fingerprint density at radius 3 is 2.92 bits per heavy atom. The minimum absolute atomic E-state index is 0.171. The van der Waals surface area contributed by atoms with Crippen LogP contribution in [0.1, 0.15) is 11.6 Å². The van der Waals surface area contributed by atoms with Gasteiger partial charge < -0.3 is 10.5 Å². The molecule has 0 saturated heterocycles. The molecule has 1 atom stereocenters. The average molecular weight is 265 g/mol. The van der Waals surface area contributed by atoms with Crippen molar-refractivity contribution in [1.29, 1.82) is 0 Å². The molecule has 0 aromatic heterocycles. The zero-order valence-corrected chi connectivity index (χ0v) is 9.60. The van der Waals surface area contributed by atoms with E-state index in [2.05, 4.69) is 15.9 Å². The zero-order chi connectivity index (χ0) is 9.84. The lowest BCUT2D eigenvalue weighted by atomic mass is 10.1. The highest BCUT2D eigenvalue weighted by atomic mass is 79.9. The smallest absolute Gasteiger partial charge is 0.0656 e. The van der Waals surface area contributed by atoms with E-state index in [-0.39, 0.29) is 6.04 Å². The minimum Gasteiger partial charge on any atom is -0.383 e. The minimum atomic E-state index is -0.171. The van der Waals surface area contributed by atoms with Crippen LogP contribution in [-0.4, -0.2) is 13.7 Å². The molecule has 0 aliphatic carbocycles. The molecule has 0 radical (unpaired) electrons. The summed E-state index contributed by atoms with van der Waals surface area (Å²) in [5, 5.41) is 0.659. The SMILES string of the molecule is COC[C@H](N)c1cccc(Br)c1Cl. The van der Waals surface area contributed by atoms with E-state index in [0.717, 1.165) is 10.0 Å². The fourth-order valence-corrected chi connectivity index (χ4v) is 1.72. The number of benzene rings is 1. The van der Waals surface area contributed by atoms with Gasteiger partial charge in [-0.05, 0) is 27.6 Å². The number of rotatable bonds is 3. The van der Waals surface area contributed by atoms with Gasteiger partial charge in [0.25, 0.3) is 0 Å². The molecule has 13 heavy (non-hydrogen) atoms. The summed E-state index contributed by atoms with van der Waals surface area (Å²) in [6.07, 6.45) is 0. The third kappa shape index (κ3) is 2.68. The quantitative estimate of drug-likeness (QED) is 0.911. The average Bonchev–Trinajstić information content (AvgIpc) is 2.10. The molecule has 0 spiro atoms. The van der Waals surface area contributed by atoms with Gasteiger partial charge in [0.1, 0.15) is 0 Å². The Kier molecular flexibility index (Phi) is 4.19. The standard InChI is InChI=1S/C9H11BrClNO/c1-13-5-8(12)6-3-2-4-7(10)9(6)11/h2-4,8H,5,12H2,1H3/t8-/m0/s1. The molecule has 72 valence electrons. The maximum atomic E-state index is 6.04. The van der Waals surface area contributed by atoms with Crippen LogP contribution in [0.15, 0.2) is 22.7 Å². The molecule has 1 rings (SSSR count). The maximum Gasteiger partial charge on any atom is 0.0656 e. The molecule has 4 heteroatoms. The van der Waals surface area contributed by atoms with E-state index < -0.39 is 0 Å². The highest BCUT2D eigenvalue weighted by molar-refractivity contribution is 9.10. The number of ether oxygens (including phenoxy) is 1. The first-order valence-electron chi connectivity index (χ1n) is 3.85. The Hall–Kier alpha value is -0.0900. The van der Waals surface area contributed by atoms with Crippen molar-refractivity contribution in [2.45, 2.75) is 6.04 Å². The van der Waals surface area contributed by atoms with Gasteiger partial charge in [-0.25, -0.2) is 0 Å². The van der Waals surface area contributed by atoms with E-state index in [9.17, 15) is 0 Å². The van der Waals surface area contributed by atoms with Crippen molar-refractivity contribution in [3.63, 3.8) is 0 Å². The monoisotopic (exact) mass is 263 g/mol. The van der Waals surface area contributed by atoms with Crippen molar-refractivity contribution in [1.82, 2.24) is 0 Å². The van der Waals surface area contributed by atoms with Gasteiger partial charge in [0, 0.05) is 11.6 Å². The summed E-state index contributed by atoms with van der Waals surface area (Å²) in [6, 6.07) is 5.51. The number of methoxy groups -OCH3 is 1. The highest BCUT2D eigenvalue weighted by Gasteiger charge is 2.11. The Balaban J connectivity index is 2.93. The summed E-state index contributed by atoms with van der Waals surface area (Å²) >= 11 is 9.38. The van der Waals surface area contributed by atoms with Crippen molar-refractivity contribution >= 4 is 27.5 Å². The maximum absolute atomic E-state index is 6.04. The Bertz CT molecular complexity index is 293. The topological polar surface area (TPSA) is 35.2 Å². The van der Waals surface area contributed by atoms with Crippen LogP contribution < -0.4 is 5.73 Å². The predicted molar refractivity (Wildman–Crippen MR) is 58.0 cm³/mol. The van der Waals surface area contributed by atoms with Gasteiger partial charge >= 0.3 is 0 Å². The third-order valence-corrected chi connectivity index (χ3v) is 3.04. The fraction of sp³-hybridized carbons (Fsp3) is 0.333. The van der Waals surface area contributed by atoms with Crippen LogP contribution in [0.25, 0.3) is 0 Å². The molecule has 0 heterocycles. The van der Waals surface area contributed by atoms with Crippen LogP contribution >= 0.6 is 27.5 Å². The fourth-order valence-electron chi connectivity index (χ4n) is 1.08. The molecule has 2 nitrogen and oxygen atoms in total. The van der Waals surface area contributed by atoms with Crippen LogP contribution in [0.2, 0.25) is 5.02 Å². The molecule has 2 N–H and O–H groups in total. The Morgan fingerprint density at radius 2 is 2.31 bits per heavy atom. The number of hydrogen-bond acceptors (Lipinski definition) is 2. The van der Waals surface area contributed by atoms with E-state index in [1.54, 1.807) is 7.11 Å². The first kappa shape index (κ1) is 11.0. The number of hydrogen-bond donors (Lipinski definition) is 1. The van der Waals surface area contributed by atoms with E-state index in [1.165, 1.54) is 0 Å². The van der Waals surface area contributed by atoms with Gasteiger partial charge in [-0.1, -0.05) is 23.7 Å². The van der Waals surface area contributed by atoms with Crippen LogP contribution in [0.5, 0.6) is 0 Å². The normalized spacial score (nSPS) is 12.9. The largest absolute Gasteiger partial charge is 0.383 e. The van der Waals surface area contributed by atoms with Gasteiger partial charge in [0.2, 0.25) is 0 Å². The summed E-state index contributed by atoms with van der Waals surface area (Å²) in [5.74, 6) is 0. The van der Waals surface area contributed by atoms with Crippen molar-refractivity contribution < 1.29 is 4.74 Å². The molecule has 0 saturated carbocycles. The lowest BCUT2D eigenvalue weighted by Crippen LogP contribution is -2.16. The second kappa shape index (κ2) is 4.96. The molecule has 0 fully saturated rings. The lowest BCUT2D eigenvalue weighted by Gasteiger charge is -2.13. The summed E-state index contributed by atoms with van der Waals surface area (Å²) in [5.41, 5.74) is 6.75. The summed E-state index contributed by atoms with van der Waals surface area (Å²) in [4.78, 5) is 0. The van der Waals surface area contributed by atoms with Crippen molar-refractivity contribution in [2.75, 3.05) is 13.7 Å². The molecule has 0 bridgehead atoms. The predicted octanol–water partition coefficient (Wildman–Crippen LogP) is 2.75. The molecule has 0 aliphatic heterocycles. The molecular weight excluding hydrogens is 253 g/mol. The van der Waals surface area contributed by atoms with Gasteiger partial charge in [0.05, 0.1) is 17.7 Å². The second-order valence-electron chi connectivity index (χ2n) is 2.70. The van der Waals surface area contributed by atoms with Crippen molar-refractivity contribution in [3.8, 4) is 0 Å². The van der Waals surface area contributed by atoms with Gasteiger partial charge in [0.15, 0.2) is 0 Å². The Labute approximate surface area is 91.2 Å². The van der Waals surface area contributed by atoms with E-state index in [0.29, 0.717) is 11.6 Å². The van der Waals surface area contributed by atoms with E-state index >= 15 is 0 Å². The van der Waals surface area contributed by atoms with Crippen LogP contribution in [0, 0.1) is 0 Å². The van der Waals surface area contributed by atoms with Crippen LogP contribution in [-0.2, 0) is 4.74 Å².